The van der Waals surface area contributed by atoms with Gasteiger partial charge in [0.1, 0.15) is 11.6 Å². The van der Waals surface area contributed by atoms with Crippen molar-refractivity contribution in [3.8, 4) is 11.3 Å². The van der Waals surface area contributed by atoms with Crippen LogP contribution in [0.1, 0.15) is 33.4 Å². The summed E-state index contributed by atoms with van der Waals surface area (Å²) in [5.74, 6) is -0.929. The maximum atomic E-state index is 14.4. The fourth-order valence-electron chi connectivity index (χ4n) is 3.75. The zero-order chi connectivity index (χ0) is 23.8. The highest BCUT2D eigenvalue weighted by Crippen LogP contribution is 2.33. The van der Waals surface area contributed by atoms with E-state index in [9.17, 15) is 27.2 Å². The Labute approximate surface area is 187 Å². The summed E-state index contributed by atoms with van der Waals surface area (Å²) in [5.41, 5.74) is 0.0681. The van der Waals surface area contributed by atoms with Crippen molar-refractivity contribution in [2.75, 3.05) is 31.1 Å². The lowest BCUT2D eigenvalue weighted by atomic mass is 10.1. The van der Waals surface area contributed by atoms with Crippen LogP contribution in [0.2, 0.25) is 0 Å². The summed E-state index contributed by atoms with van der Waals surface area (Å²) >= 11 is 0. The Hall–Kier alpha value is -3.62. The van der Waals surface area contributed by atoms with E-state index in [0.29, 0.717) is 37.4 Å². The number of nitrogens with zero attached hydrogens (tertiary/aromatic N) is 2. The summed E-state index contributed by atoms with van der Waals surface area (Å²) in [6.07, 6.45) is -4.48. The fraction of sp³-hybridized carbons (Fsp3) is 0.250. The number of furan rings is 1. The molecule has 1 aliphatic heterocycles. The molecule has 0 aliphatic carbocycles. The third-order valence-corrected chi connectivity index (χ3v) is 5.55. The number of hydrogen-bond donors (Lipinski definition) is 0. The highest BCUT2D eigenvalue weighted by Gasteiger charge is 2.31. The van der Waals surface area contributed by atoms with E-state index in [1.54, 1.807) is 21.9 Å². The predicted molar refractivity (Wildman–Crippen MR) is 114 cm³/mol. The molecule has 0 saturated carbocycles. The van der Waals surface area contributed by atoms with Gasteiger partial charge in [0.05, 0.1) is 11.3 Å². The van der Waals surface area contributed by atoms with Gasteiger partial charge < -0.3 is 14.2 Å². The van der Waals surface area contributed by atoms with Crippen molar-refractivity contribution in [3.05, 3.63) is 77.3 Å². The Morgan fingerprint density at radius 1 is 0.939 bits per heavy atom. The first kappa shape index (κ1) is 22.6. The summed E-state index contributed by atoms with van der Waals surface area (Å²) in [5, 5.41) is 0. The molecule has 3 aromatic rings. The SMILES string of the molecule is CC(=O)c1ccc(N2CCN(C(=O)c3ccc(-c4cccc(C(F)(F)F)c4)o3)CC2)c(F)c1. The average Bonchev–Trinajstić information content (AvgIpc) is 3.28. The number of alkyl halides is 3. The van der Waals surface area contributed by atoms with Crippen LogP contribution in [0.15, 0.2) is 59.0 Å². The topological polar surface area (TPSA) is 53.8 Å². The van der Waals surface area contributed by atoms with Crippen LogP contribution in [0.5, 0.6) is 0 Å². The zero-order valence-corrected chi connectivity index (χ0v) is 17.7. The van der Waals surface area contributed by atoms with Gasteiger partial charge in [-0.1, -0.05) is 12.1 Å². The third-order valence-electron chi connectivity index (χ3n) is 5.55. The number of Topliss-reactive ketones (excluding diaryl/α,β-unsaturated/α-hetero) is 1. The number of carbonyl (C=O) groups is 2. The van der Waals surface area contributed by atoms with E-state index < -0.39 is 17.6 Å². The Kier molecular flexibility index (Phi) is 5.97. The third kappa shape index (κ3) is 4.76. The molecule has 0 N–H and O–H groups in total. The zero-order valence-electron chi connectivity index (χ0n) is 17.7. The van der Waals surface area contributed by atoms with Crippen molar-refractivity contribution >= 4 is 17.4 Å². The largest absolute Gasteiger partial charge is 0.451 e. The standard InChI is InChI=1S/C24H20F4N2O3/c1-15(31)16-5-6-20(19(25)14-16)29-9-11-30(12-10-29)23(32)22-8-7-21(33-22)17-3-2-4-18(13-17)24(26,27)28/h2-8,13-14H,9-12H2,1H3. The van der Waals surface area contributed by atoms with Gasteiger partial charge in [0.15, 0.2) is 11.5 Å². The minimum atomic E-state index is -4.48. The normalized spacial score (nSPS) is 14.5. The molecule has 0 unspecified atom stereocenters. The summed E-state index contributed by atoms with van der Waals surface area (Å²) in [7, 11) is 0. The maximum Gasteiger partial charge on any atom is 0.416 e. The molecule has 2 heterocycles. The highest BCUT2D eigenvalue weighted by molar-refractivity contribution is 5.94. The number of ketones is 1. The number of rotatable bonds is 4. The van der Waals surface area contributed by atoms with Crippen LogP contribution in [-0.4, -0.2) is 42.8 Å². The molecule has 172 valence electrons. The van der Waals surface area contributed by atoms with E-state index >= 15 is 0 Å². The van der Waals surface area contributed by atoms with Crippen LogP contribution in [0.3, 0.4) is 0 Å². The van der Waals surface area contributed by atoms with E-state index in [-0.39, 0.29) is 28.8 Å². The molecule has 0 radical (unpaired) electrons. The van der Waals surface area contributed by atoms with Gasteiger partial charge in [0, 0.05) is 37.3 Å². The summed E-state index contributed by atoms with van der Waals surface area (Å²) in [4.78, 5) is 27.6. The van der Waals surface area contributed by atoms with Gasteiger partial charge in [-0.15, -0.1) is 0 Å². The number of piperazine rings is 1. The molecular formula is C24H20F4N2O3. The van der Waals surface area contributed by atoms with Crippen molar-refractivity contribution < 1.29 is 31.6 Å². The van der Waals surface area contributed by atoms with Crippen LogP contribution in [0.4, 0.5) is 23.2 Å². The summed E-state index contributed by atoms with van der Waals surface area (Å²) in [6, 6.07) is 11.9. The van der Waals surface area contributed by atoms with Gasteiger partial charge in [0.2, 0.25) is 0 Å². The molecule has 1 amide bonds. The molecule has 9 heteroatoms. The maximum absolute atomic E-state index is 14.4. The van der Waals surface area contributed by atoms with Crippen LogP contribution in [-0.2, 0) is 6.18 Å². The van der Waals surface area contributed by atoms with Crippen LogP contribution in [0, 0.1) is 5.82 Å². The van der Waals surface area contributed by atoms with E-state index in [2.05, 4.69) is 0 Å². The number of carbonyl (C=O) groups excluding carboxylic acids is 2. The van der Waals surface area contributed by atoms with E-state index in [0.717, 1.165) is 12.1 Å². The van der Waals surface area contributed by atoms with E-state index in [1.165, 1.54) is 37.3 Å². The predicted octanol–water partition coefficient (Wildman–Crippen LogP) is 5.27. The smallest absolute Gasteiger partial charge is 0.416 e. The van der Waals surface area contributed by atoms with Gasteiger partial charge >= 0.3 is 6.18 Å². The lowest BCUT2D eigenvalue weighted by Crippen LogP contribution is -2.49. The Morgan fingerprint density at radius 2 is 1.67 bits per heavy atom. The van der Waals surface area contributed by atoms with Crippen LogP contribution in [0.25, 0.3) is 11.3 Å². The average molecular weight is 460 g/mol. The van der Waals surface area contributed by atoms with Crippen LogP contribution >= 0.6 is 0 Å². The molecule has 2 aromatic carbocycles. The molecule has 1 saturated heterocycles. The van der Waals surface area contributed by atoms with Crippen molar-refractivity contribution in [2.45, 2.75) is 13.1 Å². The first-order valence-corrected chi connectivity index (χ1v) is 10.3. The molecule has 1 aromatic heterocycles. The number of benzene rings is 2. The molecule has 1 fully saturated rings. The molecular weight excluding hydrogens is 440 g/mol. The first-order valence-electron chi connectivity index (χ1n) is 10.3. The Morgan fingerprint density at radius 3 is 2.30 bits per heavy atom. The Bertz CT molecular complexity index is 1190. The number of hydrogen-bond acceptors (Lipinski definition) is 4. The molecule has 0 atom stereocenters. The van der Waals surface area contributed by atoms with Gasteiger partial charge in [0.25, 0.3) is 5.91 Å². The van der Waals surface area contributed by atoms with Gasteiger partial charge in [-0.2, -0.15) is 13.2 Å². The first-order chi connectivity index (χ1) is 15.6. The van der Waals surface area contributed by atoms with Gasteiger partial charge in [-0.25, -0.2) is 4.39 Å². The second-order valence-electron chi connectivity index (χ2n) is 7.74. The van der Waals surface area contributed by atoms with E-state index in [4.69, 9.17) is 4.42 Å². The molecule has 0 bridgehead atoms. The minimum Gasteiger partial charge on any atom is -0.451 e. The second kappa shape index (κ2) is 8.73. The lowest BCUT2D eigenvalue weighted by Gasteiger charge is -2.35. The number of halogens is 4. The van der Waals surface area contributed by atoms with Gasteiger partial charge in [-0.3, -0.25) is 9.59 Å². The second-order valence-corrected chi connectivity index (χ2v) is 7.74. The number of amides is 1. The van der Waals surface area contributed by atoms with E-state index in [1.807, 2.05) is 0 Å². The molecule has 1 aliphatic rings. The molecule has 4 rings (SSSR count). The van der Waals surface area contributed by atoms with Crippen molar-refractivity contribution in [2.24, 2.45) is 0 Å². The minimum absolute atomic E-state index is 0.0212. The monoisotopic (exact) mass is 460 g/mol. The lowest BCUT2D eigenvalue weighted by molar-refractivity contribution is -0.137. The fourth-order valence-corrected chi connectivity index (χ4v) is 3.75. The Balaban J connectivity index is 1.43. The molecule has 5 nitrogen and oxygen atoms in total. The summed E-state index contributed by atoms with van der Waals surface area (Å²) < 4.78 is 58.9. The van der Waals surface area contributed by atoms with Crippen molar-refractivity contribution in [3.63, 3.8) is 0 Å². The van der Waals surface area contributed by atoms with Crippen LogP contribution < -0.4 is 4.90 Å². The molecule has 33 heavy (non-hydrogen) atoms. The van der Waals surface area contributed by atoms with Gasteiger partial charge in [-0.05, 0) is 49.4 Å². The molecule has 0 spiro atoms. The van der Waals surface area contributed by atoms with Crippen molar-refractivity contribution in [1.29, 1.82) is 0 Å². The van der Waals surface area contributed by atoms with Crippen molar-refractivity contribution in [1.82, 2.24) is 4.90 Å². The number of anilines is 1. The highest BCUT2D eigenvalue weighted by atomic mass is 19.4. The quantitative estimate of drug-likeness (QED) is 0.393. The summed E-state index contributed by atoms with van der Waals surface area (Å²) in [6.45, 7) is 2.75.